The van der Waals surface area contributed by atoms with E-state index in [1.54, 1.807) is 0 Å². The highest BCUT2D eigenvalue weighted by atomic mass is 16.4. The summed E-state index contributed by atoms with van der Waals surface area (Å²) in [5.41, 5.74) is 6.81. The Kier molecular flexibility index (Phi) is 6.88. The maximum absolute atomic E-state index is 11.9. The highest BCUT2D eigenvalue weighted by Gasteiger charge is 2.23. The molecule has 0 fully saturated rings. The van der Waals surface area contributed by atoms with Crippen LogP contribution >= 0.6 is 0 Å². The van der Waals surface area contributed by atoms with Gasteiger partial charge < -0.3 is 16.2 Å². The van der Waals surface area contributed by atoms with E-state index in [9.17, 15) is 14.7 Å². The lowest BCUT2D eigenvalue weighted by atomic mass is 10.0. The van der Waals surface area contributed by atoms with Crippen molar-refractivity contribution in [2.24, 2.45) is 11.7 Å². The third-order valence-electron chi connectivity index (χ3n) is 3.24. The van der Waals surface area contributed by atoms with Gasteiger partial charge in [0, 0.05) is 0 Å². The largest absolute Gasteiger partial charge is 0.480 e. The number of rotatable bonds is 8. The molecular formula is C16H24N2O3. The van der Waals surface area contributed by atoms with Crippen LogP contribution in [0.3, 0.4) is 0 Å². The van der Waals surface area contributed by atoms with E-state index in [1.165, 1.54) is 0 Å². The van der Waals surface area contributed by atoms with Gasteiger partial charge in [0.1, 0.15) is 6.04 Å². The number of hydrogen-bond acceptors (Lipinski definition) is 3. The van der Waals surface area contributed by atoms with Gasteiger partial charge in [-0.15, -0.1) is 0 Å². The fraction of sp³-hybridized carbons (Fsp3) is 0.500. The summed E-state index contributed by atoms with van der Waals surface area (Å²) in [4.78, 5) is 23.2. The molecule has 5 heteroatoms. The summed E-state index contributed by atoms with van der Waals surface area (Å²) in [6, 6.07) is 8.02. The number of hydrogen-bond donors (Lipinski definition) is 3. The average molecular weight is 292 g/mol. The monoisotopic (exact) mass is 292 g/mol. The second kappa shape index (κ2) is 8.42. The second-order valence-corrected chi connectivity index (χ2v) is 5.66. The van der Waals surface area contributed by atoms with Crippen molar-refractivity contribution in [1.82, 2.24) is 5.32 Å². The minimum Gasteiger partial charge on any atom is -0.480 e. The minimum absolute atomic E-state index is 0.290. The number of nitrogens with one attached hydrogen (secondary N) is 1. The molecule has 0 bridgehead atoms. The Bertz CT molecular complexity index is 460. The summed E-state index contributed by atoms with van der Waals surface area (Å²) in [7, 11) is 0. The number of aliphatic carboxylic acids is 1. The first-order valence-corrected chi connectivity index (χ1v) is 7.22. The molecule has 0 aliphatic heterocycles. The normalized spacial score (nSPS) is 13.7. The van der Waals surface area contributed by atoms with Gasteiger partial charge in [0.15, 0.2) is 0 Å². The highest BCUT2D eigenvalue weighted by molar-refractivity contribution is 5.86. The molecule has 0 saturated heterocycles. The zero-order valence-corrected chi connectivity index (χ0v) is 12.6. The standard InChI is InChI=1S/C16H24N2O3/c1-11(2)10-13(17)15(19)18-14(16(20)21)9-8-12-6-4-3-5-7-12/h3-7,11,13-14H,8-10,17H2,1-2H3,(H,18,19)(H,20,21). The van der Waals surface area contributed by atoms with Crippen molar-refractivity contribution >= 4 is 11.9 Å². The van der Waals surface area contributed by atoms with E-state index in [4.69, 9.17) is 5.73 Å². The Labute approximate surface area is 125 Å². The maximum Gasteiger partial charge on any atom is 0.326 e. The number of carbonyl (C=O) groups is 2. The van der Waals surface area contributed by atoms with Crippen LogP contribution in [0.25, 0.3) is 0 Å². The van der Waals surface area contributed by atoms with Crippen LogP contribution in [0.4, 0.5) is 0 Å². The Morgan fingerprint density at radius 3 is 2.38 bits per heavy atom. The van der Waals surface area contributed by atoms with Crippen LogP contribution in [0.2, 0.25) is 0 Å². The predicted octanol–water partition coefficient (Wildman–Crippen LogP) is 1.56. The van der Waals surface area contributed by atoms with Crippen LogP contribution in [0.5, 0.6) is 0 Å². The van der Waals surface area contributed by atoms with E-state index in [0.717, 1.165) is 5.56 Å². The molecular weight excluding hydrogens is 268 g/mol. The topological polar surface area (TPSA) is 92.4 Å². The van der Waals surface area contributed by atoms with Crippen molar-refractivity contribution in [3.63, 3.8) is 0 Å². The van der Waals surface area contributed by atoms with Crippen LogP contribution < -0.4 is 11.1 Å². The third kappa shape index (κ3) is 6.40. The number of aryl methyl sites for hydroxylation is 1. The summed E-state index contributed by atoms with van der Waals surface area (Å²) in [5.74, 6) is -1.14. The van der Waals surface area contributed by atoms with Crippen molar-refractivity contribution in [3.05, 3.63) is 35.9 Å². The summed E-state index contributed by atoms with van der Waals surface area (Å²) in [6.45, 7) is 3.94. The van der Waals surface area contributed by atoms with E-state index in [-0.39, 0.29) is 0 Å². The molecule has 0 aromatic heterocycles. The van der Waals surface area contributed by atoms with E-state index in [2.05, 4.69) is 5.32 Å². The lowest BCUT2D eigenvalue weighted by Crippen LogP contribution is -2.49. The zero-order chi connectivity index (χ0) is 15.8. The van der Waals surface area contributed by atoms with Gasteiger partial charge in [0.25, 0.3) is 0 Å². The first-order chi connectivity index (χ1) is 9.90. The quantitative estimate of drug-likeness (QED) is 0.678. The van der Waals surface area contributed by atoms with Crippen molar-refractivity contribution in [2.45, 2.75) is 45.2 Å². The van der Waals surface area contributed by atoms with E-state index in [0.29, 0.717) is 25.2 Å². The summed E-state index contributed by atoms with van der Waals surface area (Å²) < 4.78 is 0. The summed E-state index contributed by atoms with van der Waals surface area (Å²) in [6.07, 6.45) is 1.48. The predicted molar refractivity (Wildman–Crippen MR) is 81.8 cm³/mol. The summed E-state index contributed by atoms with van der Waals surface area (Å²) >= 11 is 0. The van der Waals surface area contributed by atoms with E-state index >= 15 is 0 Å². The van der Waals surface area contributed by atoms with Crippen LogP contribution in [-0.2, 0) is 16.0 Å². The molecule has 1 aromatic carbocycles. The molecule has 0 heterocycles. The van der Waals surface area contributed by atoms with Gasteiger partial charge in [-0.25, -0.2) is 4.79 Å². The minimum atomic E-state index is -1.03. The first-order valence-electron chi connectivity index (χ1n) is 7.22. The molecule has 0 radical (unpaired) electrons. The number of carbonyl (C=O) groups excluding carboxylic acids is 1. The van der Waals surface area contributed by atoms with Gasteiger partial charge in [-0.05, 0) is 30.7 Å². The Hall–Kier alpha value is -1.88. The number of nitrogens with two attached hydrogens (primary N) is 1. The zero-order valence-electron chi connectivity index (χ0n) is 12.6. The molecule has 4 N–H and O–H groups in total. The van der Waals surface area contributed by atoms with Crippen molar-refractivity contribution in [2.75, 3.05) is 0 Å². The molecule has 1 rings (SSSR count). The van der Waals surface area contributed by atoms with E-state index in [1.807, 2.05) is 44.2 Å². The molecule has 1 aromatic rings. The Morgan fingerprint density at radius 1 is 1.24 bits per heavy atom. The first kappa shape index (κ1) is 17.2. The van der Waals surface area contributed by atoms with Crippen LogP contribution in [0.15, 0.2) is 30.3 Å². The number of benzene rings is 1. The van der Waals surface area contributed by atoms with Gasteiger partial charge in [-0.3, -0.25) is 4.79 Å². The molecule has 5 nitrogen and oxygen atoms in total. The molecule has 0 saturated carbocycles. The molecule has 2 unspecified atom stereocenters. The molecule has 0 aliphatic carbocycles. The fourth-order valence-corrected chi connectivity index (χ4v) is 2.11. The van der Waals surface area contributed by atoms with Crippen molar-refractivity contribution < 1.29 is 14.7 Å². The van der Waals surface area contributed by atoms with Gasteiger partial charge in [-0.2, -0.15) is 0 Å². The molecule has 21 heavy (non-hydrogen) atoms. The van der Waals surface area contributed by atoms with Crippen LogP contribution in [-0.4, -0.2) is 29.1 Å². The van der Waals surface area contributed by atoms with Gasteiger partial charge in [0.05, 0.1) is 6.04 Å². The molecule has 0 aliphatic rings. The van der Waals surface area contributed by atoms with Gasteiger partial charge in [0.2, 0.25) is 5.91 Å². The average Bonchev–Trinajstić information content (AvgIpc) is 2.43. The van der Waals surface area contributed by atoms with E-state index < -0.39 is 24.0 Å². The SMILES string of the molecule is CC(C)CC(N)C(=O)NC(CCc1ccccc1)C(=O)O. The molecule has 1 amide bonds. The maximum atomic E-state index is 11.9. The Morgan fingerprint density at radius 2 is 1.86 bits per heavy atom. The number of carboxylic acid groups (broad SMARTS) is 1. The number of amides is 1. The fourth-order valence-electron chi connectivity index (χ4n) is 2.11. The van der Waals surface area contributed by atoms with Gasteiger partial charge in [-0.1, -0.05) is 44.2 Å². The van der Waals surface area contributed by atoms with Crippen molar-refractivity contribution in [3.8, 4) is 0 Å². The number of carboxylic acids is 1. The lowest BCUT2D eigenvalue weighted by molar-refractivity contribution is -0.142. The lowest BCUT2D eigenvalue weighted by Gasteiger charge is -2.19. The molecule has 2 atom stereocenters. The smallest absolute Gasteiger partial charge is 0.326 e. The third-order valence-corrected chi connectivity index (χ3v) is 3.24. The highest BCUT2D eigenvalue weighted by Crippen LogP contribution is 2.07. The molecule has 116 valence electrons. The Balaban J connectivity index is 2.54. The van der Waals surface area contributed by atoms with Gasteiger partial charge >= 0.3 is 5.97 Å². The second-order valence-electron chi connectivity index (χ2n) is 5.66. The van der Waals surface area contributed by atoms with Crippen molar-refractivity contribution in [1.29, 1.82) is 0 Å². The molecule has 0 spiro atoms. The summed E-state index contributed by atoms with van der Waals surface area (Å²) in [5, 5.41) is 11.7. The van der Waals surface area contributed by atoms with Crippen LogP contribution in [0, 0.1) is 5.92 Å². The van der Waals surface area contributed by atoms with Crippen LogP contribution in [0.1, 0.15) is 32.3 Å².